The third-order valence-electron chi connectivity index (χ3n) is 2.88. The standard InChI is InChI=1S/C14H22NO4P/c1-5-18-20(17,19-6-2)14(15(4)12(3)16)13-10-8-7-9-11-13/h7-11,14H,5-6H2,1-4H3/t14-/m0/s1. The molecule has 0 saturated carbocycles. The maximum Gasteiger partial charge on any atom is 0.357 e. The first-order valence-electron chi connectivity index (χ1n) is 6.63. The maximum absolute atomic E-state index is 13.0. The highest BCUT2D eigenvalue weighted by molar-refractivity contribution is 7.54. The van der Waals surface area contributed by atoms with Gasteiger partial charge in [-0.25, -0.2) is 0 Å². The van der Waals surface area contributed by atoms with Gasteiger partial charge in [-0.1, -0.05) is 30.3 Å². The topological polar surface area (TPSA) is 55.8 Å². The summed E-state index contributed by atoms with van der Waals surface area (Å²) in [5.74, 6) is -0.931. The molecule has 5 nitrogen and oxygen atoms in total. The van der Waals surface area contributed by atoms with Crippen molar-refractivity contribution in [3.05, 3.63) is 35.9 Å². The number of hydrogen-bond donors (Lipinski definition) is 0. The summed E-state index contributed by atoms with van der Waals surface area (Å²) < 4.78 is 23.8. The highest BCUT2D eigenvalue weighted by Crippen LogP contribution is 2.61. The summed E-state index contributed by atoms with van der Waals surface area (Å²) in [4.78, 5) is 13.1. The van der Waals surface area contributed by atoms with Crippen molar-refractivity contribution in [1.82, 2.24) is 4.90 Å². The molecular weight excluding hydrogens is 277 g/mol. The average Bonchev–Trinajstić information content (AvgIpc) is 2.40. The fraction of sp³-hybridized carbons (Fsp3) is 0.500. The van der Waals surface area contributed by atoms with Gasteiger partial charge in [0.1, 0.15) is 0 Å². The Morgan fingerprint density at radius 3 is 2.10 bits per heavy atom. The summed E-state index contributed by atoms with van der Waals surface area (Å²) in [6.45, 7) is 5.44. The van der Waals surface area contributed by atoms with Crippen LogP contribution in [-0.2, 0) is 18.4 Å². The highest BCUT2D eigenvalue weighted by atomic mass is 31.2. The fourth-order valence-electron chi connectivity index (χ4n) is 1.95. The number of benzene rings is 1. The van der Waals surface area contributed by atoms with Gasteiger partial charge in [0.2, 0.25) is 5.91 Å². The molecule has 0 bridgehead atoms. The van der Waals surface area contributed by atoms with E-state index >= 15 is 0 Å². The van der Waals surface area contributed by atoms with E-state index in [9.17, 15) is 9.36 Å². The number of rotatable bonds is 7. The van der Waals surface area contributed by atoms with Gasteiger partial charge in [0.05, 0.1) is 13.2 Å². The minimum atomic E-state index is -3.46. The van der Waals surface area contributed by atoms with Gasteiger partial charge in [-0.2, -0.15) is 0 Å². The van der Waals surface area contributed by atoms with Crippen molar-refractivity contribution in [3.8, 4) is 0 Å². The van der Waals surface area contributed by atoms with E-state index in [1.165, 1.54) is 11.8 Å². The molecule has 0 N–H and O–H groups in total. The van der Waals surface area contributed by atoms with Crippen LogP contribution in [0.3, 0.4) is 0 Å². The van der Waals surface area contributed by atoms with E-state index in [-0.39, 0.29) is 19.1 Å². The molecule has 112 valence electrons. The molecule has 0 heterocycles. The smallest absolute Gasteiger partial charge is 0.328 e. The highest BCUT2D eigenvalue weighted by Gasteiger charge is 2.40. The number of hydrogen-bond acceptors (Lipinski definition) is 4. The lowest BCUT2D eigenvalue weighted by atomic mass is 10.2. The van der Waals surface area contributed by atoms with Crippen LogP contribution < -0.4 is 0 Å². The van der Waals surface area contributed by atoms with Crippen LogP contribution in [0.2, 0.25) is 0 Å². The SMILES string of the molecule is CCOP(=O)(OCC)[C@@H](c1ccccc1)N(C)C(C)=O. The molecule has 0 aliphatic rings. The molecule has 0 saturated heterocycles. The molecule has 0 fully saturated rings. The minimum Gasteiger partial charge on any atom is -0.328 e. The van der Waals surface area contributed by atoms with Gasteiger partial charge in [-0.15, -0.1) is 0 Å². The third kappa shape index (κ3) is 3.92. The average molecular weight is 299 g/mol. The molecule has 0 aliphatic carbocycles. The van der Waals surface area contributed by atoms with E-state index in [0.717, 1.165) is 5.56 Å². The van der Waals surface area contributed by atoms with Gasteiger partial charge in [0, 0.05) is 14.0 Å². The van der Waals surface area contributed by atoms with Gasteiger partial charge in [-0.3, -0.25) is 9.36 Å². The summed E-state index contributed by atoms with van der Waals surface area (Å²) in [7, 11) is -1.85. The second-order valence-electron chi connectivity index (χ2n) is 4.29. The zero-order valence-corrected chi connectivity index (χ0v) is 13.3. The Morgan fingerprint density at radius 1 is 1.20 bits per heavy atom. The number of nitrogens with zero attached hydrogens (tertiary/aromatic N) is 1. The first-order chi connectivity index (χ1) is 9.46. The van der Waals surface area contributed by atoms with Gasteiger partial charge < -0.3 is 13.9 Å². The van der Waals surface area contributed by atoms with Crippen molar-refractivity contribution in [2.24, 2.45) is 0 Å². The molecule has 1 aromatic carbocycles. The molecule has 1 aromatic rings. The van der Waals surface area contributed by atoms with Crippen molar-refractivity contribution >= 4 is 13.5 Å². The quantitative estimate of drug-likeness (QED) is 0.724. The lowest BCUT2D eigenvalue weighted by Gasteiger charge is -2.33. The van der Waals surface area contributed by atoms with Crippen LogP contribution in [0.5, 0.6) is 0 Å². The second-order valence-corrected chi connectivity index (χ2v) is 6.37. The van der Waals surface area contributed by atoms with Crippen molar-refractivity contribution in [2.75, 3.05) is 20.3 Å². The molecule has 20 heavy (non-hydrogen) atoms. The maximum atomic E-state index is 13.0. The molecule has 6 heteroatoms. The molecule has 0 aliphatic heterocycles. The molecule has 1 amide bonds. The summed E-state index contributed by atoms with van der Waals surface area (Å²) in [5, 5.41) is 0. The van der Waals surface area contributed by atoms with E-state index < -0.39 is 13.4 Å². The molecular formula is C14H22NO4P. The van der Waals surface area contributed by atoms with Gasteiger partial charge in [0.25, 0.3) is 0 Å². The van der Waals surface area contributed by atoms with Crippen LogP contribution >= 0.6 is 7.60 Å². The summed E-state index contributed by atoms with van der Waals surface area (Å²) in [6, 6.07) is 9.15. The minimum absolute atomic E-state index is 0.196. The van der Waals surface area contributed by atoms with E-state index in [0.29, 0.717) is 0 Å². The van der Waals surface area contributed by atoms with Crippen LogP contribution in [0.15, 0.2) is 30.3 Å². The largest absolute Gasteiger partial charge is 0.357 e. The summed E-state index contributed by atoms with van der Waals surface area (Å²) in [5.41, 5.74) is 0.732. The third-order valence-corrected chi connectivity index (χ3v) is 5.36. The monoisotopic (exact) mass is 299 g/mol. The Hall–Kier alpha value is -1.16. The number of carbonyl (C=O) groups excluding carboxylic acids is 1. The molecule has 1 rings (SSSR count). The summed E-state index contributed by atoms with van der Waals surface area (Å²) >= 11 is 0. The first kappa shape index (κ1) is 16.9. The van der Waals surface area contributed by atoms with Crippen molar-refractivity contribution in [3.63, 3.8) is 0 Å². The van der Waals surface area contributed by atoms with Crippen LogP contribution in [0.25, 0.3) is 0 Å². The zero-order chi connectivity index (χ0) is 15.2. The Morgan fingerprint density at radius 2 is 1.70 bits per heavy atom. The number of carbonyl (C=O) groups is 1. The van der Waals surface area contributed by atoms with Crippen molar-refractivity contribution in [2.45, 2.75) is 26.6 Å². The van der Waals surface area contributed by atoms with Gasteiger partial charge in [-0.05, 0) is 19.4 Å². The van der Waals surface area contributed by atoms with Gasteiger partial charge >= 0.3 is 7.60 Å². The Balaban J connectivity index is 3.28. The number of amides is 1. The Bertz CT molecular complexity index is 467. The van der Waals surface area contributed by atoms with Crippen molar-refractivity contribution < 1.29 is 18.4 Å². The first-order valence-corrected chi connectivity index (χ1v) is 8.24. The molecule has 0 unspecified atom stereocenters. The van der Waals surface area contributed by atoms with Gasteiger partial charge in [0.15, 0.2) is 5.78 Å². The van der Waals surface area contributed by atoms with E-state index in [4.69, 9.17) is 9.05 Å². The molecule has 0 radical (unpaired) electrons. The zero-order valence-electron chi connectivity index (χ0n) is 12.4. The van der Waals surface area contributed by atoms with E-state index in [2.05, 4.69) is 0 Å². The van der Waals surface area contributed by atoms with Crippen LogP contribution in [0, 0.1) is 0 Å². The Labute approximate surface area is 120 Å². The Kier molecular flexibility index (Phi) is 6.40. The fourth-order valence-corrected chi connectivity index (χ4v) is 4.15. The van der Waals surface area contributed by atoms with Crippen LogP contribution in [0.4, 0.5) is 0 Å². The molecule has 0 spiro atoms. The molecule has 1 atom stereocenters. The van der Waals surface area contributed by atoms with Crippen molar-refractivity contribution in [1.29, 1.82) is 0 Å². The normalized spacial score (nSPS) is 13.0. The summed E-state index contributed by atoms with van der Waals surface area (Å²) in [6.07, 6.45) is 0. The lowest BCUT2D eigenvalue weighted by Crippen LogP contribution is -2.30. The van der Waals surface area contributed by atoms with Crippen LogP contribution in [0.1, 0.15) is 32.1 Å². The second kappa shape index (κ2) is 7.58. The van der Waals surface area contributed by atoms with E-state index in [1.54, 1.807) is 20.9 Å². The lowest BCUT2D eigenvalue weighted by molar-refractivity contribution is -0.128. The predicted octanol–water partition coefficient (Wildman–Crippen LogP) is 3.43. The predicted molar refractivity (Wildman–Crippen MR) is 78.5 cm³/mol. The molecule has 0 aromatic heterocycles. The van der Waals surface area contributed by atoms with E-state index in [1.807, 2.05) is 30.3 Å². The van der Waals surface area contributed by atoms with Crippen LogP contribution in [-0.4, -0.2) is 31.1 Å².